The maximum Gasteiger partial charge on any atom is 0.122 e. The van der Waals surface area contributed by atoms with Crippen LogP contribution in [0.25, 0.3) is 0 Å². The van der Waals surface area contributed by atoms with Crippen LogP contribution in [0.5, 0.6) is 11.5 Å². The lowest BCUT2D eigenvalue weighted by molar-refractivity contribution is 0.393. The molecule has 0 saturated heterocycles. The Labute approximate surface area is 135 Å². The zero-order valence-corrected chi connectivity index (χ0v) is 14.4. The van der Waals surface area contributed by atoms with Crippen LogP contribution in [-0.4, -0.2) is 14.2 Å². The summed E-state index contributed by atoms with van der Waals surface area (Å²) < 4.78 is 12.5. The van der Waals surface area contributed by atoms with Crippen LogP contribution in [0.15, 0.2) is 45.3 Å². The fourth-order valence-corrected chi connectivity index (χ4v) is 2.81. The lowest BCUT2D eigenvalue weighted by Crippen LogP contribution is -2.13. The van der Waals surface area contributed by atoms with Crippen molar-refractivity contribution in [2.75, 3.05) is 14.2 Å². The summed E-state index contributed by atoms with van der Waals surface area (Å²) in [4.78, 5) is 0. The molecule has 2 N–H and O–H groups in total. The molecule has 0 bridgehead atoms. The molecule has 2 aromatic rings. The van der Waals surface area contributed by atoms with Crippen molar-refractivity contribution in [3.05, 3.63) is 56.5 Å². The molecule has 0 amide bonds. The topological polar surface area (TPSA) is 44.5 Å². The first-order valence-electron chi connectivity index (χ1n) is 5.98. The molecule has 0 spiro atoms. The van der Waals surface area contributed by atoms with E-state index in [1.165, 1.54) is 0 Å². The summed E-state index contributed by atoms with van der Waals surface area (Å²) in [6.07, 6.45) is 0. The molecule has 1 atom stereocenters. The highest BCUT2D eigenvalue weighted by molar-refractivity contribution is 9.11. The summed E-state index contributed by atoms with van der Waals surface area (Å²) in [5, 5.41) is 0. The van der Waals surface area contributed by atoms with Gasteiger partial charge in [0.25, 0.3) is 0 Å². The second-order valence-electron chi connectivity index (χ2n) is 4.29. The molecule has 0 aromatic heterocycles. The van der Waals surface area contributed by atoms with Gasteiger partial charge in [-0.1, -0.05) is 31.9 Å². The average molecular weight is 401 g/mol. The largest absolute Gasteiger partial charge is 0.497 e. The smallest absolute Gasteiger partial charge is 0.122 e. The van der Waals surface area contributed by atoms with E-state index >= 15 is 0 Å². The third kappa shape index (κ3) is 3.34. The van der Waals surface area contributed by atoms with Gasteiger partial charge in [-0.25, -0.2) is 0 Å². The Morgan fingerprint density at radius 2 is 1.55 bits per heavy atom. The first-order valence-corrected chi connectivity index (χ1v) is 7.57. The van der Waals surface area contributed by atoms with Crippen LogP contribution in [-0.2, 0) is 0 Å². The van der Waals surface area contributed by atoms with Crippen molar-refractivity contribution in [2.24, 2.45) is 5.73 Å². The molecule has 0 fully saturated rings. The molecule has 106 valence electrons. The second-order valence-corrected chi connectivity index (χ2v) is 6.06. The average Bonchev–Trinajstić information content (AvgIpc) is 2.48. The number of rotatable bonds is 4. The molecule has 2 rings (SSSR count). The lowest BCUT2D eigenvalue weighted by Gasteiger charge is -2.17. The number of ether oxygens (including phenoxy) is 2. The minimum atomic E-state index is -0.272. The molecule has 20 heavy (non-hydrogen) atoms. The van der Waals surface area contributed by atoms with E-state index in [-0.39, 0.29) is 6.04 Å². The zero-order valence-electron chi connectivity index (χ0n) is 11.2. The van der Waals surface area contributed by atoms with Gasteiger partial charge in [-0.3, -0.25) is 0 Å². The lowest BCUT2D eigenvalue weighted by atomic mass is 9.99. The van der Waals surface area contributed by atoms with Crippen LogP contribution >= 0.6 is 31.9 Å². The molecule has 0 aliphatic carbocycles. The minimum absolute atomic E-state index is 0.272. The highest BCUT2D eigenvalue weighted by atomic mass is 79.9. The van der Waals surface area contributed by atoms with Gasteiger partial charge >= 0.3 is 0 Å². The van der Waals surface area contributed by atoms with Crippen LogP contribution in [0.4, 0.5) is 0 Å². The van der Waals surface area contributed by atoms with Crippen molar-refractivity contribution in [1.29, 1.82) is 0 Å². The molecule has 5 heteroatoms. The van der Waals surface area contributed by atoms with Crippen LogP contribution in [0, 0.1) is 0 Å². The second kappa shape index (κ2) is 6.61. The van der Waals surface area contributed by atoms with Gasteiger partial charge in [-0.05, 0) is 41.5 Å². The first kappa shape index (κ1) is 15.4. The van der Waals surface area contributed by atoms with Gasteiger partial charge in [0.15, 0.2) is 0 Å². The van der Waals surface area contributed by atoms with E-state index in [4.69, 9.17) is 15.2 Å². The molecular weight excluding hydrogens is 386 g/mol. The Morgan fingerprint density at radius 1 is 0.950 bits per heavy atom. The Morgan fingerprint density at radius 3 is 2.10 bits per heavy atom. The highest BCUT2D eigenvalue weighted by Gasteiger charge is 2.15. The predicted octanol–water partition coefficient (Wildman–Crippen LogP) is 4.28. The maximum atomic E-state index is 6.37. The zero-order chi connectivity index (χ0) is 14.7. The third-order valence-corrected chi connectivity index (χ3v) is 4.24. The van der Waals surface area contributed by atoms with Crippen molar-refractivity contribution in [2.45, 2.75) is 6.04 Å². The Bertz CT molecular complexity index is 595. The van der Waals surface area contributed by atoms with Crippen molar-refractivity contribution < 1.29 is 9.47 Å². The summed E-state index contributed by atoms with van der Waals surface area (Å²) in [6, 6.07) is 11.3. The summed E-state index contributed by atoms with van der Waals surface area (Å²) in [7, 11) is 3.25. The van der Waals surface area contributed by atoms with Crippen LogP contribution in [0.3, 0.4) is 0 Å². The van der Waals surface area contributed by atoms with Gasteiger partial charge in [-0.2, -0.15) is 0 Å². The van der Waals surface area contributed by atoms with E-state index in [1.807, 2.05) is 36.4 Å². The van der Waals surface area contributed by atoms with Crippen molar-refractivity contribution in [1.82, 2.24) is 0 Å². The van der Waals surface area contributed by atoms with Crippen molar-refractivity contribution in [3.63, 3.8) is 0 Å². The quantitative estimate of drug-likeness (QED) is 0.832. The molecule has 0 radical (unpaired) electrons. The molecule has 0 saturated carbocycles. The summed E-state index contributed by atoms with van der Waals surface area (Å²) in [5.41, 5.74) is 8.30. The first-order chi connectivity index (χ1) is 9.55. The molecule has 0 aliphatic rings. The van der Waals surface area contributed by atoms with E-state index in [0.29, 0.717) is 0 Å². The Balaban J connectivity index is 2.46. The standard InChI is InChI=1S/C15H15Br2NO2/c1-19-11-5-9(6-12(8-11)20-2)15(18)13-7-10(16)3-4-14(13)17/h3-8,15H,18H2,1-2H3. The number of benzene rings is 2. The number of nitrogens with two attached hydrogens (primary N) is 1. The van der Waals surface area contributed by atoms with Crippen LogP contribution < -0.4 is 15.2 Å². The van der Waals surface area contributed by atoms with Crippen molar-refractivity contribution in [3.8, 4) is 11.5 Å². The van der Waals surface area contributed by atoms with Gasteiger partial charge in [-0.15, -0.1) is 0 Å². The van der Waals surface area contributed by atoms with E-state index in [9.17, 15) is 0 Å². The summed E-state index contributed by atoms with van der Waals surface area (Å²) in [5.74, 6) is 1.45. The molecule has 3 nitrogen and oxygen atoms in total. The van der Waals surface area contributed by atoms with Gasteiger partial charge in [0.05, 0.1) is 20.3 Å². The molecular formula is C15H15Br2NO2. The molecule has 2 aromatic carbocycles. The van der Waals surface area contributed by atoms with Gasteiger partial charge in [0, 0.05) is 15.0 Å². The third-order valence-electron chi connectivity index (χ3n) is 3.03. The van der Waals surface area contributed by atoms with Gasteiger partial charge < -0.3 is 15.2 Å². The van der Waals surface area contributed by atoms with Crippen molar-refractivity contribution >= 4 is 31.9 Å². The Hall–Kier alpha value is -1.04. The van der Waals surface area contributed by atoms with E-state index < -0.39 is 0 Å². The van der Waals surface area contributed by atoms with E-state index in [2.05, 4.69) is 31.9 Å². The number of halogens is 2. The fourth-order valence-electron chi connectivity index (χ4n) is 1.94. The monoisotopic (exact) mass is 399 g/mol. The van der Waals surface area contributed by atoms with E-state index in [0.717, 1.165) is 31.6 Å². The van der Waals surface area contributed by atoms with Gasteiger partial charge in [0.1, 0.15) is 11.5 Å². The van der Waals surface area contributed by atoms with Gasteiger partial charge in [0.2, 0.25) is 0 Å². The SMILES string of the molecule is COc1cc(OC)cc(C(N)c2cc(Br)ccc2Br)c1. The van der Waals surface area contributed by atoms with Crippen LogP contribution in [0.2, 0.25) is 0 Å². The maximum absolute atomic E-state index is 6.37. The Kier molecular flexibility index (Phi) is 5.07. The summed E-state index contributed by atoms with van der Waals surface area (Å²) >= 11 is 7.00. The summed E-state index contributed by atoms with van der Waals surface area (Å²) in [6.45, 7) is 0. The predicted molar refractivity (Wildman–Crippen MR) is 87.4 cm³/mol. The fraction of sp³-hybridized carbons (Fsp3) is 0.200. The molecule has 0 aliphatic heterocycles. The highest BCUT2D eigenvalue weighted by Crippen LogP contribution is 2.33. The van der Waals surface area contributed by atoms with Crippen LogP contribution in [0.1, 0.15) is 17.2 Å². The van der Waals surface area contributed by atoms with E-state index in [1.54, 1.807) is 14.2 Å². The number of hydrogen-bond acceptors (Lipinski definition) is 3. The molecule has 1 unspecified atom stereocenters. The minimum Gasteiger partial charge on any atom is -0.497 e. The number of methoxy groups -OCH3 is 2. The normalized spacial score (nSPS) is 12.1. The molecule has 0 heterocycles. The number of hydrogen-bond donors (Lipinski definition) is 1.